The van der Waals surface area contributed by atoms with Gasteiger partial charge in [-0.3, -0.25) is 5.10 Å². The third-order valence-corrected chi connectivity index (χ3v) is 1.97. The lowest BCUT2D eigenvalue weighted by Gasteiger charge is -2.11. The van der Waals surface area contributed by atoms with Crippen molar-refractivity contribution in [3.05, 3.63) is 11.6 Å². The molecule has 0 aromatic carbocycles. The Balaban J connectivity index is 2.64. The molecule has 0 amide bonds. The second-order valence-electron chi connectivity index (χ2n) is 4.46. The number of nitrogens with zero attached hydrogens (tertiary/aromatic N) is 2. The van der Waals surface area contributed by atoms with Gasteiger partial charge < -0.3 is 0 Å². The zero-order valence-electron chi connectivity index (χ0n) is 9.02. The van der Waals surface area contributed by atoms with Gasteiger partial charge in [-0.2, -0.15) is 5.10 Å². The number of unbranched alkanes of at least 4 members (excludes halogenated alkanes) is 1. The maximum Gasteiger partial charge on any atom is 0.155 e. The van der Waals surface area contributed by atoms with Crippen LogP contribution in [0.5, 0.6) is 0 Å². The van der Waals surface area contributed by atoms with Gasteiger partial charge in [0.1, 0.15) is 5.82 Å². The Bertz CT molecular complexity index is 257. The molecule has 0 saturated heterocycles. The summed E-state index contributed by atoms with van der Waals surface area (Å²) in [5.41, 5.74) is 0.0565. The van der Waals surface area contributed by atoms with Gasteiger partial charge in [0, 0.05) is 11.8 Å². The van der Waals surface area contributed by atoms with Gasteiger partial charge in [0.05, 0.1) is 0 Å². The van der Waals surface area contributed by atoms with Crippen molar-refractivity contribution in [3.63, 3.8) is 0 Å². The summed E-state index contributed by atoms with van der Waals surface area (Å²) >= 11 is 0. The Morgan fingerprint density at radius 1 is 1.31 bits per heavy atom. The second kappa shape index (κ2) is 3.90. The van der Waals surface area contributed by atoms with Crippen LogP contribution in [0, 0.1) is 0 Å². The van der Waals surface area contributed by atoms with E-state index in [0.29, 0.717) is 0 Å². The number of aryl methyl sites for hydroxylation is 1. The van der Waals surface area contributed by atoms with E-state index in [-0.39, 0.29) is 5.41 Å². The molecule has 1 aromatic rings. The molecular weight excluding hydrogens is 162 g/mol. The Morgan fingerprint density at radius 3 is 2.46 bits per heavy atom. The molecule has 1 aromatic heterocycles. The van der Waals surface area contributed by atoms with Gasteiger partial charge in [0.2, 0.25) is 0 Å². The molecule has 0 aliphatic carbocycles. The van der Waals surface area contributed by atoms with Crippen LogP contribution in [0.2, 0.25) is 0 Å². The van der Waals surface area contributed by atoms with E-state index in [1.165, 1.54) is 12.8 Å². The van der Waals surface area contributed by atoms with Crippen molar-refractivity contribution in [2.75, 3.05) is 0 Å². The van der Waals surface area contributed by atoms with E-state index in [2.05, 4.69) is 42.9 Å². The quantitative estimate of drug-likeness (QED) is 0.778. The van der Waals surface area contributed by atoms with Crippen molar-refractivity contribution >= 4 is 0 Å². The molecule has 0 radical (unpaired) electrons. The van der Waals surface area contributed by atoms with Crippen molar-refractivity contribution in [3.8, 4) is 0 Å². The summed E-state index contributed by atoms with van der Waals surface area (Å²) < 4.78 is 0. The van der Waals surface area contributed by atoms with Crippen LogP contribution in [0.3, 0.4) is 0 Å². The number of H-pyrrole nitrogens is 1. The number of hydrogen-bond acceptors (Lipinski definition) is 2. The van der Waals surface area contributed by atoms with Crippen molar-refractivity contribution < 1.29 is 0 Å². The van der Waals surface area contributed by atoms with Crippen LogP contribution in [0.25, 0.3) is 0 Å². The maximum atomic E-state index is 4.45. The van der Waals surface area contributed by atoms with E-state index < -0.39 is 0 Å². The zero-order chi connectivity index (χ0) is 9.90. The van der Waals surface area contributed by atoms with Gasteiger partial charge in [0.15, 0.2) is 5.82 Å². The summed E-state index contributed by atoms with van der Waals surface area (Å²) in [5.74, 6) is 1.94. The fourth-order valence-corrected chi connectivity index (χ4v) is 1.09. The Labute approximate surface area is 80.0 Å². The van der Waals surface area contributed by atoms with E-state index in [1.807, 2.05) is 0 Å². The molecule has 0 bridgehead atoms. The molecule has 3 nitrogen and oxygen atoms in total. The summed E-state index contributed by atoms with van der Waals surface area (Å²) in [5, 5.41) is 7.19. The number of aromatic nitrogens is 3. The zero-order valence-corrected chi connectivity index (χ0v) is 9.02. The molecule has 0 atom stereocenters. The minimum atomic E-state index is 0.0565. The highest BCUT2D eigenvalue weighted by Gasteiger charge is 2.18. The summed E-state index contributed by atoms with van der Waals surface area (Å²) in [4.78, 5) is 4.45. The SMILES string of the molecule is CCCCc1nc(C(C)(C)C)n[nH]1. The van der Waals surface area contributed by atoms with Crippen molar-refractivity contribution in [2.24, 2.45) is 0 Å². The third kappa shape index (κ3) is 2.83. The lowest BCUT2D eigenvalue weighted by atomic mass is 9.96. The number of nitrogens with one attached hydrogen (secondary N) is 1. The molecule has 0 fully saturated rings. The average Bonchev–Trinajstić information content (AvgIpc) is 2.47. The minimum absolute atomic E-state index is 0.0565. The number of hydrogen-bond donors (Lipinski definition) is 1. The fraction of sp³-hybridized carbons (Fsp3) is 0.800. The van der Waals surface area contributed by atoms with E-state index >= 15 is 0 Å². The van der Waals surface area contributed by atoms with Gasteiger partial charge in [-0.1, -0.05) is 34.1 Å². The van der Waals surface area contributed by atoms with Crippen LogP contribution in [0.1, 0.15) is 52.2 Å². The monoisotopic (exact) mass is 181 g/mol. The highest BCUT2D eigenvalue weighted by Crippen LogP contribution is 2.17. The largest absolute Gasteiger partial charge is 0.263 e. The predicted octanol–water partition coefficient (Wildman–Crippen LogP) is 2.44. The second-order valence-corrected chi connectivity index (χ2v) is 4.46. The van der Waals surface area contributed by atoms with Crippen molar-refractivity contribution in [1.82, 2.24) is 15.2 Å². The van der Waals surface area contributed by atoms with E-state index in [0.717, 1.165) is 18.1 Å². The van der Waals surface area contributed by atoms with E-state index in [9.17, 15) is 0 Å². The first-order valence-electron chi connectivity index (χ1n) is 4.96. The van der Waals surface area contributed by atoms with Crippen LogP contribution in [-0.2, 0) is 11.8 Å². The Morgan fingerprint density at radius 2 is 2.00 bits per heavy atom. The Kier molecular flexibility index (Phi) is 3.07. The van der Waals surface area contributed by atoms with Gasteiger partial charge in [-0.05, 0) is 6.42 Å². The van der Waals surface area contributed by atoms with Crippen LogP contribution in [-0.4, -0.2) is 15.2 Å². The highest BCUT2D eigenvalue weighted by molar-refractivity contribution is 5.01. The molecule has 3 heteroatoms. The standard InChI is InChI=1S/C10H19N3/c1-5-6-7-8-11-9(13-12-8)10(2,3)4/h5-7H2,1-4H3,(H,11,12,13). The topological polar surface area (TPSA) is 41.6 Å². The molecule has 1 heterocycles. The summed E-state index contributed by atoms with van der Waals surface area (Å²) in [6, 6.07) is 0. The van der Waals surface area contributed by atoms with Gasteiger partial charge in [-0.15, -0.1) is 0 Å². The first-order chi connectivity index (χ1) is 6.04. The lowest BCUT2D eigenvalue weighted by molar-refractivity contribution is 0.547. The highest BCUT2D eigenvalue weighted by atomic mass is 15.2. The third-order valence-electron chi connectivity index (χ3n) is 1.97. The van der Waals surface area contributed by atoms with E-state index in [1.54, 1.807) is 0 Å². The lowest BCUT2D eigenvalue weighted by Crippen LogP contribution is -2.13. The fourth-order valence-electron chi connectivity index (χ4n) is 1.09. The Hall–Kier alpha value is -0.860. The van der Waals surface area contributed by atoms with Crippen molar-refractivity contribution in [1.29, 1.82) is 0 Å². The van der Waals surface area contributed by atoms with E-state index in [4.69, 9.17) is 0 Å². The molecule has 13 heavy (non-hydrogen) atoms. The number of aromatic amines is 1. The summed E-state index contributed by atoms with van der Waals surface area (Å²) in [7, 11) is 0. The maximum absolute atomic E-state index is 4.45. The number of rotatable bonds is 3. The molecule has 0 spiro atoms. The molecule has 1 rings (SSSR count). The average molecular weight is 181 g/mol. The van der Waals surface area contributed by atoms with Crippen molar-refractivity contribution in [2.45, 2.75) is 52.4 Å². The molecule has 0 aliphatic heterocycles. The molecule has 1 N–H and O–H groups in total. The normalized spacial score (nSPS) is 12.0. The molecule has 74 valence electrons. The van der Waals surface area contributed by atoms with Crippen LogP contribution in [0.4, 0.5) is 0 Å². The summed E-state index contributed by atoms with van der Waals surface area (Å²) in [6.07, 6.45) is 3.39. The van der Waals surface area contributed by atoms with Crippen LogP contribution in [0.15, 0.2) is 0 Å². The molecule has 0 aliphatic rings. The van der Waals surface area contributed by atoms with Gasteiger partial charge >= 0.3 is 0 Å². The molecule has 0 unspecified atom stereocenters. The smallest absolute Gasteiger partial charge is 0.155 e. The van der Waals surface area contributed by atoms with Gasteiger partial charge in [0.25, 0.3) is 0 Å². The van der Waals surface area contributed by atoms with Gasteiger partial charge in [-0.25, -0.2) is 4.98 Å². The summed E-state index contributed by atoms with van der Waals surface area (Å²) in [6.45, 7) is 8.56. The first kappa shape index (κ1) is 10.2. The van der Waals surface area contributed by atoms with Crippen LogP contribution >= 0.6 is 0 Å². The predicted molar refractivity (Wildman–Crippen MR) is 53.7 cm³/mol. The minimum Gasteiger partial charge on any atom is -0.263 e. The first-order valence-corrected chi connectivity index (χ1v) is 4.96. The molecular formula is C10H19N3. The van der Waals surface area contributed by atoms with Crippen LogP contribution < -0.4 is 0 Å². The molecule has 0 saturated carbocycles.